The third-order valence-electron chi connectivity index (χ3n) is 4.70. The molecule has 25 heavy (non-hydrogen) atoms. The van der Waals surface area contributed by atoms with E-state index >= 15 is 0 Å². The lowest BCUT2D eigenvalue weighted by Gasteiger charge is -2.31. The number of quaternary nitrogens is 1. The quantitative estimate of drug-likeness (QED) is 0.569. The molecular formula is C19H30Cl2N2O2. The molecule has 1 aliphatic rings. The van der Waals surface area contributed by atoms with Gasteiger partial charge in [0.25, 0.3) is 0 Å². The highest BCUT2D eigenvalue weighted by Gasteiger charge is 2.39. The highest BCUT2D eigenvalue weighted by Crippen LogP contribution is 2.29. The fourth-order valence-electron chi connectivity index (χ4n) is 3.47. The van der Waals surface area contributed by atoms with Gasteiger partial charge in [0.2, 0.25) is 5.16 Å². The van der Waals surface area contributed by atoms with Crippen LogP contribution in [0, 0.1) is 0 Å². The molecule has 0 fully saturated rings. The van der Waals surface area contributed by atoms with Crippen molar-refractivity contribution in [2.75, 3.05) is 40.5 Å². The summed E-state index contributed by atoms with van der Waals surface area (Å²) in [5.41, 5.74) is 4.21. The number of halogens is 2. The maximum absolute atomic E-state index is 6.61. The molecule has 4 nitrogen and oxygen atoms in total. The number of aryl methyl sites for hydroxylation is 2. The maximum Gasteiger partial charge on any atom is 0.218 e. The van der Waals surface area contributed by atoms with Crippen LogP contribution in [0.5, 0.6) is 0 Å². The molecule has 0 aromatic heterocycles. The summed E-state index contributed by atoms with van der Waals surface area (Å²) in [7, 11) is 3.48. The van der Waals surface area contributed by atoms with Gasteiger partial charge in [0.1, 0.15) is 6.54 Å². The summed E-state index contributed by atoms with van der Waals surface area (Å²) >= 11 is 6.61. The summed E-state index contributed by atoms with van der Waals surface area (Å²) in [5.74, 6) is 0. The molecule has 0 saturated heterocycles. The van der Waals surface area contributed by atoms with Gasteiger partial charge in [-0.15, -0.1) is 0 Å². The van der Waals surface area contributed by atoms with E-state index in [0.717, 1.165) is 31.1 Å². The summed E-state index contributed by atoms with van der Waals surface area (Å²) < 4.78 is 10.6. The molecule has 0 spiro atoms. The number of methoxy groups -OCH3 is 2. The Balaban J connectivity index is 0.00000312. The van der Waals surface area contributed by atoms with Crippen LogP contribution in [-0.4, -0.2) is 45.4 Å². The molecular weight excluding hydrogens is 359 g/mol. The lowest BCUT2D eigenvalue weighted by molar-refractivity contribution is -0.891. The number of benzene rings is 1. The third-order valence-corrected chi connectivity index (χ3v) is 5.04. The zero-order valence-electron chi connectivity index (χ0n) is 15.6. The topological polar surface area (TPSA) is 26.1 Å². The van der Waals surface area contributed by atoms with Crippen molar-refractivity contribution in [3.05, 3.63) is 46.2 Å². The number of nitrogens with zero attached hydrogens (tertiary/aromatic N) is 1. The summed E-state index contributed by atoms with van der Waals surface area (Å²) in [6, 6.07) is 6.64. The molecule has 1 N–H and O–H groups in total. The molecule has 0 radical (unpaired) electrons. The molecule has 142 valence electrons. The minimum absolute atomic E-state index is 0. The van der Waals surface area contributed by atoms with E-state index in [2.05, 4.69) is 43.1 Å². The van der Waals surface area contributed by atoms with E-state index in [0.29, 0.717) is 13.2 Å². The van der Waals surface area contributed by atoms with Crippen molar-refractivity contribution in [3.63, 3.8) is 0 Å². The molecule has 1 aliphatic heterocycles. The fourth-order valence-corrected chi connectivity index (χ4v) is 3.79. The van der Waals surface area contributed by atoms with Crippen molar-refractivity contribution in [3.8, 4) is 0 Å². The molecule has 0 amide bonds. The molecule has 2 unspecified atom stereocenters. The average molecular weight is 389 g/mol. The second-order valence-electron chi connectivity index (χ2n) is 6.08. The van der Waals surface area contributed by atoms with E-state index in [9.17, 15) is 0 Å². The zero-order chi connectivity index (χ0) is 17.5. The van der Waals surface area contributed by atoms with Gasteiger partial charge in [-0.3, -0.25) is 4.90 Å². The summed E-state index contributed by atoms with van der Waals surface area (Å²) in [6.45, 7) is 7.48. The van der Waals surface area contributed by atoms with Gasteiger partial charge in [-0.1, -0.05) is 32.0 Å². The van der Waals surface area contributed by atoms with Crippen molar-refractivity contribution >= 4 is 11.6 Å². The van der Waals surface area contributed by atoms with Crippen LogP contribution in [0.4, 0.5) is 0 Å². The predicted octanol–water partition coefficient (Wildman–Crippen LogP) is -0.655. The van der Waals surface area contributed by atoms with Crippen LogP contribution in [0.15, 0.2) is 29.6 Å². The van der Waals surface area contributed by atoms with E-state index in [1.165, 1.54) is 21.6 Å². The van der Waals surface area contributed by atoms with Crippen molar-refractivity contribution < 1.29 is 26.8 Å². The van der Waals surface area contributed by atoms with Gasteiger partial charge >= 0.3 is 0 Å². The van der Waals surface area contributed by atoms with Gasteiger partial charge in [0.15, 0.2) is 6.17 Å². The molecule has 1 aromatic rings. The molecule has 2 rings (SSSR count). The van der Waals surface area contributed by atoms with E-state index in [1.807, 2.05) is 0 Å². The molecule has 1 heterocycles. The Labute approximate surface area is 163 Å². The average Bonchev–Trinajstić information content (AvgIpc) is 2.92. The smallest absolute Gasteiger partial charge is 0.218 e. The first-order chi connectivity index (χ1) is 11.7. The standard InChI is InChI=1S/C19H29ClN2O2.ClH/c1-5-15-8-7-9-16(6-2)18(15)19-21(10-12-23-3)14-17(20)22(19)11-13-24-4;/h7-9,14,19H,5-6,10-13H2,1-4H3;1H. The highest BCUT2D eigenvalue weighted by atomic mass is 35.5. The zero-order valence-corrected chi connectivity index (χ0v) is 17.2. The van der Waals surface area contributed by atoms with Crippen molar-refractivity contribution in [2.45, 2.75) is 32.9 Å². The van der Waals surface area contributed by atoms with Crippen LogP contribution in [0.1, 0.15) is 36.7 Å². The van der Waals surface area contributed by atoms with Gasteiger partial charge in [0.05, 0.1) is 19.4 Å². The predicted molar refractivity (Wildman–Crippen MR) is 98.2 cm³/mol. The monoisotopic (exact) mass is 388 g/mol. The van der Waals surface area contributed by atoms with Crippen LogP contribution in [-0.2, 0) is 22.3 Å². The van der Waals surface area contributed by atoms with Crippen LogP contribution in [0.3, 0.4) is 0 Å². The molecule has 6 heteroatoms. The molecule has 0 bridgehead atoms. The highest BCUT2D eigenvalue weighted by molar-refractivity contribution is 6.27. The first-order valence-corrected chi connectivity index (χ1v) is 9.13. The first-order valence-electron chi connectivity index (χ1n) is 8.75. The van der Waals surface area contributed by atoms with Gasteiger partial charge in [0, 0.05) is 26.3 Å². The minimum Gasteiger partial charge on any atom is -1.00 e. The molecule has 0 aliphatic carbocycles. The minimum atomic E-state index is 0. The number of rotatable bonds is 9. The maximum atomic E-state index is 6.61. The Hall–Kier alpha value is -0.780. The summed E-state index contributed by atoms with van der Waals surface area (Å²) in [5, 5.41) is 0.848. The molecule has 1 aromatic carbocycles. The van der Waals surface area contributed by atoms with Crippen LogP contribution >= 0.6 is 11.6 Å². The molecule has 2 atom stereocenters. The first kappa shape index (κ1) is 22.3. The number of hydrogen-bond acceptors (Lipinski definition) is 3. The Morgan fingerprint density at radius 3 is 2.20 bits per heavy atom. The van der Waals surface area contributed by atoms with Crippen LogP contribution in [0.2, 0.25) is 0 Å². The van der Waals surface area contributed by atoms with Gasteiger partial charge in [-0.25, -0.2) is 0 Å². The summed E-state index contributed by atoms with van der Waals surface area (Å²) in [4.78, 5) is 3.58. The van der Waals surface area contributed by atoms with E-state index < -0.39 is 0 Å². The van der Waals surface area contributed by atoms with Crippen molar-refractivity contribution in [1.82, 2.24) is 4.90 Å². The Bertz CT molecular complexity index is 544. The van der Waals surface area contributed by atoms with Crippen molar-refractivity contribution in [1.29, 1.82) is 0 Å². The largest absolute Gasteiger partial charge is 1.00 e. The molecule has 0 saturated carbocycles. The SMILES string of the molecule is CCc1cccc(CC)c1C1N(CCOC)C=C(Cl)[NH+]1CCOC.[Cl-]. The Morgan fingerprint density at radius 2 is 1.68 bits per heavy atom. The second kappa shape index (κ2) is 11.0. The van der Waals surface area contributed by atoms with Gasteiger partial charge in [-0.05, 0) is 35.6 Å². The number of hydrogen-bond donors (Lipinski definition) is 1. The fraction of sp³-hybridized carbons (Fsp3) is 0.579. The van der Waals surface area contributed by atoms with E-state index in [1.54, 1.807) is 14.2 Å². The van der Waals surface area contributed by atoms with Crippen LogP contribution < -0.4 is 17.3 Å². The third kappa shape index (κ3) is 5.11. The number of ether oxygens (including phenoxy) is 2. The van der Waals surface area contributed by atoms with Gasteiger partial charge in [-0.2, -0.15) is 0 Å². The Morgan fingerprint density at radius 1 is 1.08 bits per heavy atom. The lowest BCUT2D eigenvalue weighted by atomic mass is 9.94. The van der Waals surface area contributed by atoms with Crippen molar-refractivity contribution in [2.24, 2.45) is 0 Å². The summed E-state index contributed by atoms with van der Waals surface area (Å²) in [6.07, 6.45) is 4.30. The normalized spacial score (nSPS) is 19.7. The van der Waals surface area contributed by atoms with E-state index in [-0.39, 0.29) is 18.6 Å². The lowest BCUT2D eigenvalue weighted by Crippen LogP contribution is -3.10. The van der Waals surface area contributed by atoms with Crippen LogP contribution in [0.25, 0.3) is 0 Å². The van der Waals surface area contributed by atoms with Gasteiger partial charge < -0.3 is 26.8 Å². The second-order valence-corrected chi connectivity index (χ2v) is 6.48. The Kier molecular flexibility index (Phi) is 9.83. The number of nitrogens with one attached hydrogen (secondary N) is 1. The van der Waals surface area contributed by atoms with E-state index in [4.69, 9.17) is 21.1 Å².